The molecule has 1 heterocycles. The molecule has 1 amide bonds. The zero-order valence-corrected chi connectivity index (χ0v) is 11.9. The van der Waals surface area contributed by atoms with Gasteiger partial charge in [0.15, 0.2) is 0 Å². The van der Waals surface area contributed by atoms with E-state index in [0.29, 0.717) is 14.3 Å². The third kappa shape index (κ3) is 2.97. The average Bonchev–Trinajstić information content (AvgIpc) is 2.35. The van der Waals surface area contributed by atoms with Gasteiger partial charge in [0.25, 0.3) is 5.91 Å². The van der Waals surface area contributed by atoms with Crippen LogP contribution in [0.3, 0.4) is 0 Å². The lowest BCUT2D eigenvalue weighted by Gasteiger charge is -2.07. The van der Waals surface area contributed by atoms with Gasteiger partial charge in [-0.25, -0.2) is 4.39 Å². The standard InChI is InChI=1S/C12H7ClFIN2O/c13-7-4-5-16-10(6-7)12(18)17-9-3-1-2-8(14)11(9)15/h1-6H,(H,17,18). The molecule has 2 rings (SSSR count). The second kappa shape index (κ2) is 5.62. The van der Waals surface area contributed by atoms with E-state index in [4.69, 9.17) is 11.6 Å². The minimum atomic E-state index is -0.430. The maximum Gasteiger partial charge on any atom is 0.274 e. The van der Waals surface area contributed by atoms with Crippen LogP contribution in [-0.2, 0) is 0 Å². The summed E-state index contributed by atoms with van der Waals surface area (Å²) < 4.78 is 13.7. The topological polar surface area (TPSA) is 42.0 Å². The third-order valence-corrected chi connectivity index (χ3v) is 3.49. The van der Waals surface area contributed by atoms with E-state index in [1.165, 1.54) is 24.4 Å². The van der Waals surface area contributed by atoms with Gasteiger partial charge in [0.1, 0.15) is 11.5 Å². The number of aromatic nitrogens is 1. The summed E-state index contributed by atoms with van der Waals surface area (Å²) in [6.07, 6.45) is 1.44. The molecule has 3 nitrogen and oxygen atoms in total. The van der Waals surface area contributed by atoms with Crippen molar-refractivity contribution < 1.29 is 9.18 Å². The summed E-state index contributed by atoms with van der Waals surface area (Å²) in [5, 5.41) is 3.01. The highest BCUT2D eigenvalue weighted by atomic mass is 127. The first-order valence-corrected chi connectivity index (χ1v) is 6.40. The summed E-state index contributed by atoms with van der Waals surface area (Å²) in [5.41, 5.74) is 0.588. The molecular weight excluding hydrogens is 370 g/mol. The summed E-state index contributed by atoms with van der Waals surface area (Å²) in [6.45, 7) is 0. The number of benzene rings is 1. The highest BCUT2D eigenvalue weighted by Crippen LogP contribution is 2.21. The molecule has 0 bridgehead atoms. The average molecular weight is 377 g/mol. The Morgan fingerprint density at radius 2 is 2.17 bits per heavy atom. The van der Waals surface area contributed by atoms with Crippen LogP contribution < -0.4 is 5.32 Å². The normalized spacial score (nSPS) is 10.2. The van der Waals surface area contributed by atoms with Gasteiger partial charge in [-0.15, -0.1) is 0 Å². The first kappa shape index (κ1) is 13.2. The van der Waals surface area contributed by atoms with E-state index in [-0.39, 0.29) is 11.5 Å². The summed E-state index contributed by atoms with van der Waals surface area (Å²) in [6, 6.07) is 7.49. The van der Waals surface area contributed by atoms with Crippen LogP contribution in [0, 0.1) is 9.39 Å². The molecule has 0 fully saturated rings. The van der Waals surface area contributed by atoms with Gasteiger partial charge in [-0.05, 0) is 46.9 Å². The fourth-order valence-corrected chi connectivity index (χ4v) is 1.97. The minimum Gasteiger partial charge on any atom is -0.320 e. The number of halogens is 3. The summed E-state index contributed by atoms with van der Waals surface area (Å²) in [5.74, 6) is -0.812. The first-order valence-electron chi connectivity index (χ1n) is 4.95. The monoisotopic (exact) mass is 376 g/mol. The number of carbonyl (C=O) groups is 1. The van der Waals surface area contributed by atoms with Gasteiger partial charge in [-0.3, -0.25) is 9.78 Å². The van der Waals surface area contributed by atoms with Crippen molar-refractivity contribution in [2.45, 2.75) is 0 Å². The van der Waals surface area contributed by atoms with Crippen LogP contribution in [0.25, 0.3) is 0 Å². The van der Waals surface area contributed by atoms with Crippen LogP contribution in [-0.4, -0.2) is 10.9 Å². The van der Waals surface area contributed by atoms with Crippen molar-refractivity contribution >= 4 is 45.8 Å². The van der Waals surface area contributed by atoms with Crippen LogP contribution in [0.5, 0.6) is 0 Å². The van der Waals surface area contributed by atoms with Gasteiger partial charge in [-0.1, -0.05) is 17.7 Å². The van der Waals surface area contributed by atoms with E-state index < -0.39 is 5.91 Å². The predicted molar refractivity (Wildman–Crippen MR) is 76.3 cm³/mol. The van der Waals surface area contributed by atoms with Crippen molar-refractivity contribution in [2.75, 3.05) is 5.32 Å². The Bertz CT molecular complexity index is 606. The molecule has 2 aromatic rings. The predicted octanol–water partition coefficient (Wildman–Crippen LogP) is 3.73. The number of hydrogen-bond donors (Lipinski definition) is 1. The van der Waals surface area contributed by atoms with Crippen LogP contribution in [0.1, 0.15) is 10.5 Å². The molecule has 0 aliphatic carbocycles. The van der Waals surface area contributed by atoms with E-state index in [1.54, 1.807) is 12.1 Å². The van der Waals surface area contributed by atoms with Crippen molar-refractivity contribution in [3.63, 3.8) is 0 Å². The summed E-state index contributed by atoms with van der Waals surface area (Å²) >= 11 is 7.60. The molecule has 0 atom stereocenters. The number of amides is 1. The lowest BCUT2D eigenvalue weighted by atomic mass is 10.3. The van der Waals surface area contributed by atoms with Crippen LogP contribution >= 0.6 is 34.2 Å². The fourth-order valence-electron chi connectivity index (χ4n) is 1.32. The van der Waals surface area contributed by atoms with E-state index >= 15 is 0 Å². The molecule has 0 unspecified atom stereocenters. The van der Waals surface area contributed by atoms with Crippen molar-refractivity contribution in [3.05, 3.63) is 56.6 Å². The van der Waals surface area contributed by atoms with Crippen LogP contribution in [0.4, 0.5) is 10.1 Å². The molecular formula is C12H7ClFIN2O. The lowest BCUT2D eigenvalue weighted by molar-refractivity contribution is 0.102. The first-order chi connectivity index (χ1) is 8.58. The van der Waals surface area contributed by atoms with Gasteiger partial charge >= 0.3 is 0 Å². The smallest absolute Gasteiger partial charge is 0.274 e. The Labute approximate surface area is 122 Å². The Balaban J connectivity index is 2.24. The Morgan fingerprint density at radius 3 is 2.89 bits per heavy atom. The molecule has 6 heteroatoms. The van der Waals surface area contributed by atoms with E-state index in [9.17, 15) is 9.18 Å². The van der Waals surface area contributed by atoms with Gasteiger partial charge in [0.05, 0.1) is 9.26 Å². The second-order valence-corrected chi connectivity index (χ2v) is 4.93. The second-order valence-electron chi connectivity index (χ2n) is 3.41. The van der Waals surface area contributed by atoms with E-state index in [0.717, 1.165) is 0 Å². The zero-order valence-electron chi connectivity index (χ0n) is 8.95. The highest BCUT2D eigenvalue weighted by Gasteiger charge is 2.11. The number of carbonyl (C=O) groups excluding carboxylic acids is 1. The van der Waals surface area contributed by atoms with Crippen LogP contribution in [0.15, 0.2) is 36.5 Å². The van der Waals surface area contributed by atoms with Crippen molar-refractivity contribution in [1.29, 1.82) is 0 Å². The number of pyridine rings is 1. The zero-order chi connectivity index (χ0) is 13.1. The highest BCUT2D eigenvalue weighted by molar-refractivity contribution is 14.1. The van der Waals surface area contributed by atoms with Gasteiger partial charge < -0.3 is 5.32 Å². The number of rotatable bonds is 2. The molecule has 0 saturated heterocycles. The third-order valence-electron chi connectivity index (χ3n) is 2.15. The number of nitrogens with one attached hydrogen (secondary N) is 1. The maximum absolute atomic E-state index is 13.3. The molecule has 18 heavy (non-hydrogen) atoms. The Hall–Kier alpha value is -1.21. The molecule has 1 aromatic heterocycles. The van der Waals surface area contributed by atoms with Gasteiger partial charge in [0, 0.05) is 11.2 Å². The van der Waals surface area contributed by atoms with Gasteiger partial charge in [0.2, 0.25) is 0 Å². The largest absolute Gasteiger partial charge is 0.320 e. The lowest BCUT2D eigenvalue weighted by Crippen LogP contribution is -2.14. The molecule has 0 radical (unpaired) electrons. The van der Waals surface area contributed by atoms with Crippen molar-refractivity contribution in [1.82, 2.24) is 4.98 Å². The fraction of sp³-hybridized carbons (Fsp3) is 0. The molecule has 0 aliphatic heterocycles. The molecule has 92 valence electrons. The number of nitrogens with zero attached hydrogens (tertiary/aromatic N) is 1. The SMILES string of the molecule is O=C(Nc1cccc(F)c1I)c1cc(Cl)ccn1. The molecule has 0 aliphatic rings. The quantitative estimate of drug-likeness (QED) is 0.812. The maximum atomic E-state index is 13.3. The van der Waals surface area contributed by atoms with Crippen molar-refractivity contribution in [3.8, 4) is 0 Å². The van der Waals surface area contributed by atoms with Crippen molar-refractivity contribution in [2.24, 2.45) is 0 Å². The summed E-state index contributed by atoms with van der Waals surface area (Å²) in [7, 11) is 0. The molecule has 1 N–H and O–H groups in total. The summed E-state index contributed by atoms with van der Waals surface area (Å²) in [4.78, 5) is 15.8. The number of anilines is 1. The Kier molecular flexibility index (Phi) is 4.13. The molecule has 0 saturated carbocycles. The van der Waals surface area contributed by atoms with E-state index in [2.05, 4.69) is 10.3 Å². The minimum absolute atomic E-state index is 0.183. The Morgan fingerprint density at radius 1 is 1.39 bits per heavy atom. The number of hydrogen-bond acceptors (Lipinski definition) is 2. The molecule has 0 spiro atoms. The van der Waals surface area contributed by atoms with Crippen LogP contribution in [0.2, 0.25) is 5.02 Å². The van der Waals surface area contributed by atoms with Gasteiger partial charge in [-0.2, -0.15) is 0 Å². The van der Waals surface area contributed by atoms with E-state index in [1.807, 2.05) is 22.6 Å². The molecule has 1 aromatic carbocycles.